The summed E-state index contributed by atoms with van der Waals surface area (Å²) in [6.07, 6.45) is 5.38. The molecule has 0 bridgehead atoms. The number of benzene rings is 6. The lowest BCUT2D eigenvalue weighted by Gasteiger charge is -2.17. The van der Waals surface area contributed by atoms with Crippen LogP contribution in [-0.2, 0) is 24.7 Å². The summed E-state index contributed by atoms with van der Waals surface area (Å²) in [5.74, 6) is 3.79. The molecule has 0 radical (unpaired) electrons. The molecule has 0 saturated heterocycles. The highest BCUT2D eigenvalue weighted by Crippen LogP contribution is 2.36. The van der Waals surface area contributed by atoms with Crippen molar-refractivity contribution in [3.63, 3.8) is 0 Å². The minimum atomic E-state index is -1.25. The maximum Gasteiger partial charge on any atom is 0.415 e. The van der Waals surface area contributed by atoms with Crippen molar-refractivity contribution in [1.82, 2.24) is 39.0 Å². The van der Waals surface area contributed by atoms with E-state index >= 15 is 0 Å². The summed E-state index contributed by atoms with van der Waals surface area (Å²) in [5, 5.41) is 12.8. The summed E-state index contributed by atoms with van der Waals surface area (Å²) in [6, 6.07) is 56.2. The molecule has 0 aliphatic heterocycles. The minimum absolute atomic E-state index is 0.334. The van der Waals surface area contributed by atoms with Crippen LogP contribution in [-0.4, -0.2) is 64.9 Å². The first-order valence-corrected chi connectivity index (χ1v) is 28.8. The number of hydrogen-bond donors (Lipinski definition) is 3. The van der Waals surface area contributed by atoms with Crippen LogP contribution < -0.4 is 18.9 Å². The molecule has 0 atom stereocenters. The minimum Gasteiger partial charge on any atom is -0.489 e. The number of carboxylic acid groups (broad SMARTS) is 1. The molecule has 6 aromatic heterocycles. The quantitative estimate of drug-likeness (QED) is 0.0584. The number of aromatic nitrogens is 8. The number of fused-ring (bicyclic) bond motifs is 4. The van der Waals surface area contributed by atoms with Gasteiger partial charge in [-0.05, 0) is 137 Å². The van der Waals surface area contributed by atoms with Gasteiger partial charge in [-0.3, -0.25) is 4.57 Å². The Bertz CT molecular complexity index is 3960. The van der Waals surface area contributed by atoms with Crippen LogP contribution in [0, 0.1) is 0 Å². The van der Waals surface area contributed by atoms with Gasteiger partial charge in [0.2, 0.25) is 11.8 Å². The zero-order valence-corrected chi connectivity index (χ0v) is 43.6. The Morgan fingerprint density at radius 3 is 1.88 bits per heavy atom. The zero-order chi connectivity index (χ0) is 52.7. The predicted octanol–water partition coefficient (Wildman–Crippen LogP) is 14.7. The van der Waals surface area contributed by atoms with E-state index in [4.69, 9.17) is 23.7 Å². The summed E-state index contributed by atoms with van der Waals surface area (Å²) in [5.41, 5.74) is 9.17. The predicted molar refractivity (Wildman–Crippen MR) is 302 cm³/mol. The van der Waals surface area contributed by atoms with Gasteiger partial charge in [-0.1, -0.05) is 80.3 Å². The van der Waals surface area contributed by atoms with E-state index in [9.17, 15) is 9.90 Å². The highest BCUT2D eigenvalue weighted by molar-refractivity contribution is 6.76. The third-order valence-corrected chi connectivity index (χ3v) is 14.6. The molecule has 0 saturated carbocycles. The molecule has 0 amide bonds. The van der Waals surface area contributed by atoms with Crippen molar-refractivity contribution in [2.45, 2.75) is 45.6 Å². The van der Waals surface area contributed by atoms with Crippen LogP contribution in [0.5, 0.6) is 34.8 Å². The van der Waals surface area contributed by atoms with Crippen LogP contribution in [0.1, 0.15) is 11.1 Å². The van der Waals surface area contributed by atoms with Crippen molar-refractivity contribution < 1.29 is 33.6 Å². The summed E-state index contributed by atoms with van der Waals surface area (Å²) >= 11 is 0. The molecule has 12 rings (SSSR count). The van der Waals surface area contributed by atoms with E-state index in [-0.39, 0.29) is 0 Å². The fraction of sp³-hybridized carbons (Fsp3) is 0.131. The lowest BCUT2D eigenvalue weighted by atomic mass is 10.1. The van der Waals surface area contributed by atoms with Crippen molar-refractivity contribution in [2.24, 2.45) is 0 Å². The van der Waals surface area contributed by atoms with Crippen molar-refractivity contribution >= 4 is 58.0 Å². The molecule has 0 aliphatic carbocycles. The fourth-order valence-electron chi connectivity index (χ4n) is 8.78. The molecule has 0 aliphatic rings. The number of nitrogens with zero attached hydrogens (tertiary/aromatic N) is 6. The standard InChI is InChI=1S/C34H34N4O5Si.C27H20N4O2/c1-44(2,3)18-17-41-23-38-31(25-9-11-27(12-10-25)42-21-24-7-5-4-6-8-24)20-29-32(38)35-22-36-33(29)43-28-13-14-30-26(19-28)15-16-37(30)34(39)40;1-2-4-18(5-3-1)16-32-21-8-6-19(7-9-21)25-15-23-26(31-25)29-17-30-27(23)33-22-10-11-24-20(14-22)12-13-28-24/h4-16,19-20,22H,17-18,21,23H2,1-3H3,(H,39,40);1-15,17,28H,16H2,(H,29,30,31). The van der Waals surface area contributed by atoms with Gasteiger partial charge in [0, 0.05) is 49.1 Å². The molecular weight excluding hydrogens is 985 g/mol. The Labute approximate surface area is 444 Å². The van der Waals surface area contributed by atoms with Crippen molar-refractivity contribution in [1.29, 1.82) is 0 Å². The van der Waals surface area contributed by atoms with Crippen LogP contribution in [0.4, 0.5) is 4.79 Å². The number of ether oxygens (including phenoxy) is 5. The number of H-pyrrole nitrogens is 2. The molecule has 0 spiro atoms. The van der Waals surface area contributed by atoms with Crippen LogP contribution in [0.15, 0.2) is 195 Å². The smallest absolute Gasteiger partial charge is 0.415 e. The second-order valence-electron chi connectivity index (χ2n) is 19.6. The first-order chi connectivity index (χ1) is 37.6. The van der Waals surface area contributed by atoms with Gasteiger partial charge in [0.05, 0.1) is 22.0 Å². The molecule has 0 fully saturated rings. The van der Waals surface area contributed by atoms with E-state index in [0.717, 1.165) is 89.6 Å². The van der Waals surface area contributed by atoms with Gasteiger partial charge in [0.15, 0.2) is 0 Å². The van der Waals surface area contributed by atoms with Gasteiger partial charge in [0.1, 0.15) is 66.9 Å². The normalized spacial score (nSPS) is 11.5. The van der Waals surface area contributed by atoms with E-state index < -0.39 is 14.2 Å². The molecule has 384 valence electrons. The van der Waals surface area contributed by atoms with Gasteiger partial charge >= 0.3 is 6.09 Å². The largest absolute Gasteiger partial charge is 0.489 e. The SMILES string of the molecule is C[Si](C)(C)CCOCn1c(-c2ccc(OCc3ccccc3)cc2)cc2c(Oc3ccc4c(ccn4C(=O)O)c3)ncnc21.c1ccc(COc2ccc(-c3cc4c(Oc5ccc6[nH]ccc6c5)ncnc4[nH]3)cc2)cc1. The molecule has 15 nitrogen and oxygen atoms in total. The third kappa shape index (κ3) is 11.7. The van der Waals surface area contributed by atoms with Gasteiger partial charge in [-0.2, -0.15) is 0 Å². The van der Waals surface area contributed by atoms with Gasteiger partial charge in [-0.15, -0.1) is 0 Å². The Balaban J connectivity index is 0.000000170. The summed E-state index contributed by atoms with van der Waals surface area (Å²) in [4.78, 5) is 35.9. The van der Waals surface area contributed by atoms with E-state index in [1.165, 1.54) is 23.4 Å². The number of carbonyl (C=O) groups is 1. The molecule has 3 N–H and O–H groups in total. The molecule has 0 unspecified atom stereocenters. The lowest BCUT2D eigenvalue weighted by molar-refractivity contribution is 0.0909. The molecular formula is C61H54N8O7Si. The summed E-state index contributed by atoms with van der Waals surface area (Å²) in [7, 11) is -1.25. The van der Waals surface area contributed by atoms with E-state index in [1.807, 2.05) is 144 Å². The second-order valence-corrected chi connectivity index (χ2v) is 25.2. The van der Waals surface area contributed by atoms with Crippen LogP contribution in [0.25, 0.3) is 66.4 Å². The van der Waals surface area contributed by atoms with E-state index in [1.54, 1.807) is 24.3 Å². The Hall–Kier alpha value is -9.51. The first-order valence-electron chi connectivity index (χ1n) is 25.1. The Morgan fingerprint density at radius 2 is 1.22 bits per heavy atom. The Morgan fingerprint density at radius 1 is 0.610 bits per heavy atom. The van der Waals surface area contributed by atoms with E-state index in [2.05, 4.69) is 61.7 Å². The van der Waals surface area contributed by atoms with Gasteiger partial charge in [0.25, 0.3) is 0 Å². The number of hydrogen-bond acceptors (Lipinski definition) is 10. The molecule has 12 aromatic rings. The highest BCUT2D eigenvalue weighted by Gasteiger charge is 2.20. The van der Waals surface area contributed by atoms with Crippen LogP contribution >= 0.6 is 0 Å². The zero-order valence-electron chi connectivity index (χ0n) is 42.6. The summed E-state index contributed by atoms with van der Waals surface area (Å²) in [6.45, 7) is 9.04. The van der Waals surface area contributed by atoms with Crippen molar-refractivity contribution in [3.05, 3.63) is 206 Å². The van der Waals surface area contributed by atoms with Gasteiger partial charge < -0.3 is 43.3 Å². The van der Waals surface area contributed by atoms with E-state index in [0.29, 0.717) is 55.2 Å². The first kappa shape index (κ1) is 49.7. The average Bonchev–Trinajstić information content (AvgIpc) is 4.29. The van der Waals surface area contributed by atoms with Crippen LogP contribution in [0.3, 0.4) is 0 Å². The highest BCUT2D eigenvalue weighted by atomic mass is 28.3. The second kappa shape index (κ2) is 22.1. The number of nitrogens with one attached hydrogen (secondary N) is 2. The number of aromatic amines is 2. The molecule has 6 heterocycles. The summed E-state index contributed by atoms with van der Waals surface area (Å²) < 4.78 is 33.7. The van der Waals surface area contributed by atoms with Crippen molar-refractivity contribution in [2.75, 3.05) is 6.61 Å². The molecule has 6 aromatic carbocycles. The average molecular weight is 1040 g/mol. The van der Waals surface area contributed by atoms with Crippen LogP contribution in [0.2, 0.25) is 25.7 Å². The number of rotatable bonds is 17. The van der Waals surface area contributed by atoms with Gasteiger partial charge in [-0.25, -0.2) is 24.7 Å². The Kier molecular flexibility index (Phi) is 14.3. The lowest BCUT2D eigenvalue weighted by Crippen LogP contribution is -2.22. The third-order valence-electron chi connectivity index (χ3n) is 12.9. The van der Waals surface area contributed by atoms with Crippen molar-refractivity contribution in [3.8, 4) is 57.3 Å². The monoisotopic (exact) mass is 1040 g/mol. The molecule has 16 heteroatoms. The maximum absolute atomic E-state index is 11.5. The maximum atomic E-state index is 11.5. The topological polar surface area (TPSA) is 176 Å². The molecule has 77 heavy (non-hydrogen) atoms. The fourth-order valence-corrected chi connectivity index (χ4v) is 9.54.